The highest BCUT2D eigenvalue weighted by molar-refractivity contribution is 14.1. The van der Waals surface area contributed by atoms with E-state index in [1.165, 1.54) is 16.1 Å². The molecule has 17 heavy (non-hydrogen) atoms. The zero-order chi connectivity index (χ0) is 12.4. The summed E-state index contributed by atoms with van der Waals surface area (Å²) in [5.41, 5.74) is 1.70. The third-order valence-corrected chi connectivity index (χ3v) is 5.19. The van der Waals surface area contributed by atoms with Crippen molar-refractivity contribution >= 4 is 49.9 Å². The number of hydrogen-bond acceptors (Lipinski definition) is 2. The first-order chi connectivity index (χ1) is 8.11. The van der Waals surface area contributed by atoms with Crippen LogP contribution in [-0.2, 0) is 0 Å². The highest BCUT2D eigenvalue weighted by Gasteiger charge is 2.16. The zero-order valence-corrected chi connectivity index (χ0v) is 13.5. The summed E-state index contributed by atoms with van der Waals surface area (Å²) in [4.78, 5) is -0.117. The SMILES string of the molecule is COc1ccc(C(Br)c2csc(I)c2)c(F)c1. The van der Waals surface area contributed by atoms with Crippen molar-refractivity contribution in [1.82, 2.24) is 0 Å². The average Bonchev–Trinajstić information content (AvgIpc) is 2.75. The van der Waals surface area contributed by atoms with Gasteiger partial charge in [-0.2, -0.15) is 0 Å². The van der Waals surface area contributed by atoms with E-state index in [1.807, 2.05) is 11.4 Å². The summed E-state index contributed by atoms with van der Waals surface area (Å²) in [7, 11) is 1.53. The van der Waals surface area contributed by atoms with Gasteiger partial charge >= 0.3 is 0 Å². The fraction of sp³-hybridized carbons (Fsp3) is 0.167. The molecule has 0 saturated heterocycles. The van der Waals surface area contributed by atoms with Crippen LogP contribution in [0.1, 0.15) is 16.0 Å². The van der Waals surface area contributed by atoms with Gasteiger partial charge < -0.3 is 4.74 Å². The minimum absolute atomic E-state index is 0.117. The zero-order valence-electron chi connectivity index (χ0n) is 8.91. The molecule has 1 nitrogen and oxygen atoms in total. The quantitative estimate of drug-likeness (QED) is 0.496. The largest absolute Gasteiger partial charge is 0.497 e. The Hall–Kier alpha value is -0.140. The molecule has 0 bridgehead atoms. The Morgan fingerprint density at radius 1 is 1.41 bits per heavy atom. The highest BCUT2D eigenvalue weighted by Crippen LogP contribution is 2.36. The van der Waals surface area contributed by atoms with E-state index >= 15 is 0 Å². The van der Waals surface area contributed by atoms with E-state index in [9.17, 15) is 4.39 Å². The van der Waals surface area contributed by atoms with Crippen LogP contribution in [0.2, 0.25) is 0 Å². The number of ether oxygens (including phenoxy) is 1. The Morgan fingerprint density at radius 2 is 2.18 bits per heavy atom. The molecule has 0 saturated carbocycles. The van der Waals surface area contributed by atoms with Gasteiger partial charge in [0.2, 0.25) is 0 Å². The molecule has 2 rings (SSSR count). The Labute approximate surface area is 125 Å². The van der Waals surface area contributed by atoms with Gasteiger partial charge in [-0.05, 0) is 45.7 Å². The molecule has 0 aliphatic heterocycles. The van der Waals surface area contributed by atoms with Crippen LogP contribution in [-0.4, -0.2) is 7.11 Å². The second-order valence-electron chi connectivity index (χ2n) is 3.43. The third-order valence-electron chi connectivity index (χ3n) is 2.36. The number of hydrogen-bond donors (Lipinski definition) is 0. The molecule has 0 aliphatic rings. The first-order valence-electron chi connectivity index (χ1n) is 4.83. The van der Waals surface area contributed by atoms with Crippen LogP contribution < -0.4 is 4.74 Å². The molecule has 0 N–H and O–H groups in total. The Bertz CT molecular complexity index is 529. The summed E-state index contributed by atoms with van der Waals surface area (Å²) in [5.74, 6) is 0.276. The summed E-state index contributed by atoms with van der Waals surface area (Å²) in [6.07, 6.45) is 0. The maximum atomic E-state index is 13.9. The minimum Gasteiger partial charge on any atom is -0.497 e. The minimum atomic E-state index is -0.257. The molecule has 0 spiro atoms. The van der Waals surface area contributed by atoms with Crippen LogP contribution >= 0.6 is 49.9 Å². The van der Waals surface area contributed by atoms with Gasteiger partial charge in [0.1, 0.15) is 11.6 Å². The highest BCUT2D eigenvalue weighted by atomic mass is 127. The smallest absolute Gasteiger partial charge is 0.131 e. The second kappa shape index (κ2) is 5.67. The summed E-state index contributed by atoms with van der Waals surface area (Å²) in [5, 5.41) is 2.03. The van der Waals surface area contributed by atoms with Crippen LogP contribution in [0.5, 0.6) is 5.75 Å². The van der Waals surface area contributed by atoms with Crippen LogP contribution in [0.3, 0.4) is 0 Å². The molecule has 1 aromatic heterocycles. The van der Waals surface area contributed by atoms with E-state index in [1.54, 1.807) is 23.5 Å². The number of benzene rings is 1. The van der Waals surface area contributed by atoms with E-state index in [4.69, 9.17) is 4.74 Å². The molecule has 1 atom stereocenters. The molecule has 0 aliphatic carbocycles. The molecular weight excluding hydrogens is 418 g/mol. The molecule has 5 heteroatoms. The summed E-state index contributed by atoms with van der Waals surface area (Å²) in [6, 6.07) is 6.97. The normalized spacial score (nSPS) is 12.5. The summed E-state index contributed by atoms with van der Waals surface area (Å²) < 4.78 is 20.0. The van der Waals surface area contributed by atoms with Gasteiger partial charge in [0.15, 0.2) is 0 Å². The lowest BCUT2D eigenvalue weighted by Crippen LogP contribution is -1.96. The lowest BCUT2D eigenvalue weighted by atomic mass is 10.1. The van der Waals surface area contributed by atoms with Gasteiger partial charge in [-0.3, -0.25) is 0 Å². The molecule has 90 valence electrons. The molecule has 0 amide bonds. The number of alkyl halides is 1. The molecular formula is C12H9BrFIOS. The van der Waals surface area contributed by atoms with E-state index in [0.717, 1.165) is 5.56 Å². The van der Waals surface area contributed by atoms with Gasteiger partial charge in [0, 0.05) is 11.6 Å². The van der Waals surface area contributed by atoms with Gasteiger partial charge in [0.25, 0.3) is 0 Å². The second-order valence-corrected chi connectivity index (χ2v) is 7.16. The summed E-state index contributed by atoms with van der Waals surface area (Å²) in [6.45, 7) is 0. The van der Waals surface area contributed by atoms with Crippen LogP contribution in [0.15, 0.2) is 29.6 Å². The van der Waals surface area contributed by atoms with Crippen molar-refractivity contribution in [2.24, 2.45) is 0 Å². The topological polar surface area (TPSA) is 9.23 Å². The van der Waals surface area contributed by atoms with Crippen molar-refractivity contribution < 1.29 is 9.13 Å². The predicted octanol–water partition coefficient (Wildman–Crippen LogP) is 4.98. The van der Waals surface area contributed by atoms with Crippen molar-refractivity contribution in [2.45, 2.75) is 4.83 Å². The Morgan fingerprint density at radius 3 is 2.71 bits per heavy atom. The van der Waals surface area contributed by atoms with E-state index in [0.29, 0.717) is 11.3 Å². The first-order valence-corrected chi connectivity index (χ1v) is 7.70. The van der Waals surface area contributed by atoms with E-state index < -0.39 is 0 Å². The van der Waals surface area contributed by atoms with Gasteiger partial charge in [-0.1, -0.05) is 22.0 Å². The van der Waals surface area contributed by atoms with Crippen molar-refractivity contribution in [1.29, 1.82) is 0 Å². The molecule has 0 fully saturated rings. The number of rotatable bonds is 3. The van der Waals surface area contributed by atoms with Crippen molar-refractivity contribution in [2.75, 3.05) is 7.11 Å². The van der Waals surface area contributed by atoms with E-state index in [2.05, 4.69) is 38.5 Å². The third kappa shape index (κ3) is 3.00. The summed E-state index contributed by atoms with van der Waals surface area (Å²) >= 11 is 7.43. The molecule has 1 heterocycles. The maximum Gasteiger partial charge on any atom is 0.131 e. The molecule has 0 radical (unpaired) electrons. The lowest BCUT2D eigenvalue weighted by Gasteiger charge is -2.10. The number of thiophene rings is 1. The van der Waals surface area contributed by atoms with Gasteiger partial charge in [-0.15, -0.1) is 11.3 Å². The molecule has 1 unspecified atom stereocenters. The fourth-order valence-electron chi connectivity index (χ4n) is 1.48. The predicted molar refractivity (Wildman–Crippen MR) is 80.8 cm³/mol. The van der Waals surface area contributed by atoms with Crippen molar-refractivity contribution in [3.05, 3.63) is 49.5 Å². The monoisotopic (exact) mass is 426 g/mol. The van der Waals surface area contributed by atoms with Gasteiger partial charge in [-0.25, -0.2) is 4.39 Å². The van der Waals surface area contributed by atoms with Crippen molar-refractivity contribution in [3.63, 3.8) is 0 Å². The number of halogens is 3. The average molecular weight is 427 g/mol. The van der Waals surface area contributed by atoms with Crippen LogP contribution in [0, 0.1) is 8.70 Å². The van der Waals surface area contributed by atoms with Gasteiger partial charge in [0.05, 0.1) is 14.8 Å². The number of methoxy groups -OCH3 is 1. The van der Waals surface area contributed by atoms with Crippen molar-refractivity contribution in [3.8, 4) is 5.75 Å². The molecule has 2 aromatic rings. The van der Waals surface area contributed by atoms with Crippen LogP contribution in [0.25, 0.3) is 0 Å². The fourth-order valence-corrected chi connectivity index (χ4v) is 3.68. The maximum absolute atomic E-state index is 13.9. The standard InChI is InChI=1S/C12H9BrFIOS/c1-16-8-2-3-9(10(14)5-8)12(13)7-4-11(15)17-6-7/h2-6,12H,1H3. The Kier molecular flexibility index (Phi) is 4.43. The van der Waals surface area contributed by atoms with E-state index in [-0.39, 0.29) is 10.6 Å². The van der Waals surface area contributed by atoms with Crippen LogP contribution in [0.4, 0.5) is 4.39 Å². The lowest BCUT2D eigenvalue weighted by molar-refractivity contribution is 0.411. The molecule has 1 aromatic carbocycles. The Balaban J connectivity index is 2.34. The first kappa shape index (κ1) is 13.3.